The summed E-state index contributed by atoms with van der Waals surface area (Å²) in [6.07, 6.45) is 4.33. The number of piperazine rings is 1. The highest BCUT2D eigenvalue weighted by atomic mass is 15.3. The van der Waals surface area contributed by atoms with E-state index in [1.54, 1.807) is 0 Å². The van der Waals surface area contributed by atoms with Crippen LogP contribution in [-0.2, 0) is 6.54 Å². The molecule has 2 aliphatic heterocycles. The van der Waals surface area contributed by atoms with Gasteiger partial charge in [0.1, 0.15) is 0 Å². The molecule has 0 aromatic heterocycles. The predicted molar refractivity (Wildman–Crippen MR) is 107 cm³/mol. The summed E-state index contributed by atoms with van der Waals surface area (Å²) in [4.78, 5) is 7.79. The summed E-state index contributed by atoms with van der Waals surface area (Å²) in [7, 11) is 0. The van der Waals surface area contributed by atoms with E-state index in [-0.39, 0.29) is 0 Å². The van der Waals surface area contributed by atoms with Gasteiger partial charge in [0.15, 0.2) is 0 Å². The minimum absolute atomic E-state index is 0.318. The van der Waals surface area contributed by atoms with E-state index in [9.17, 15) is 0 Å². The average Bonchev–Trinajstić information content (AvgIpc) is 2.67. The number of nitrogens with one attached hydrogen (secondary N) is 1. The van der Waals surface area contributed by atoms with Gasteiger partial charge in [0.2, 0.25) is 0 Å². The Kier molecular flexibility index (Phi) is 6.34. The molecule has 1 saturated heterocycles. The Morgan fingerprint density at radius 1 is 1.27 bits per heavy atom. The van der Waals surface area contributed by atoms with E-state index in [4.69, 9.17) is 5.53 Å². The van der Waals surface area contributed by atoms with E-state index >= 15 is 0 Å². The van der Waals surface area contributed by atoms with Gasteiger partial charge in [-0.2, -0.15) is 0 Å². The van der Waals surface area contributed by atoms with Gasteiger partial charge in [0, 0.05) is 56.8 Å². The Morgan fingerprint density at radius 2 is 2.08 bits per heavy atom. The fourth-order valence-electron chi connectivity index (χ4n) is 3.63. The van der Waals surface area contributed by atoms with Crippen LogP contribution in [-0.4, -0.2) is 55.1 Å². The summed E-state index contributed by atoms with van der Waals surface area (Å²) in [5.74, 6) is 0. The van der Waals surface area contributed by atoms with E-state index in [0.29, 0.717) is 12.6 Å². The Morgan fingerprint density at radius 3 is 2.81 bits per heavy atom. The van der Waals surface area contributed by atoms with Crippen molar-refractivity contribution in [2.75, 3.05) is 39.3 Å². The lowest BCUT2D eigenvalue weighted by Gasteiger charge is -2.37. The number of nitrogens with zero attached hydrogens (tertiary/aromatic N) is 5. The minimum atomic E-state index is 0.318. The average molecular weight is 352 g/mol. The molecule has 1 fully saturated rings. The monoisotopic (exact) mass is 352 g/mol. The normalized spacial score (nSPS) is 19.8. The molecule has 0 amide bonds. The molecule has 26 heavy (non-hydrogen) atoms. The van der Waals surface area contributed by atoms with Crippen LogP contribution in [0.3, 0.4) is 0 Å². The first-order valence-corrected chi connectivity index (χ1v) is 9.33. The van der Waals surface area contributed by atoms with Crippen LogP contribution in [0.1, 0.15) is 25.0 Å². The number of hydrogen-bond acceptors (Lipinski definition) is 4. The number of rotatable bonds is 6. The van der Waals surface area contributed by atoms with E-state index in [1.807, 2.05) is 0 Å². The molecule has 0 aliphatic carbocycles. The number of allylic oxidation sites excluding steroid dienone is 2. The van der Waals surface area contributed by atoms with Crippen molar-refractivity contribution < 1.29 is 0 Å². The van der Waals surface area contributed by atoms with Crippen molar-refractivity contribution in [3.05, 3.63) is 63.7 Å². The lowest BCUT2D eigenvalue weighted by Crippen LogP contribution is -2.49. The second kappa shape index (κ2) is 8.90. The smallest absolute Gasteiger partial charge is 0.0411 e. The Balaban J connectivity index is 1.56. The summed E-state index contributed by atoms with van der Waals surface area (Å²) in [5.41, 5.74) is 13.8. The predicted octanol–water partition coefficient (Wildman–Crippen LogP) is 3.39. The molecule has 0 spiro atoms. The molecule has 138 valence electrons. The van der Waals surface area contributed by atoms with Crippen LogP contribution in [0, 0.1) is 0 Å². The van der Waals surface area contributed by atoms with Crippen molar-refractivity contribution in [3.63, 3.8) is 0 Å². The topological polar surface area (TPSA) is 67.3 Å². The van der Waals surface area contributed by atoms with Crippen molar-refractivity contribution >= 4 is 5.57 Å². The maximum absolute atomic E-state index is 8.47. The zero-order valence-electron chi connectivity index (χ0n) is 15.7. The molecule has 6 nitrogen and oxygen atoms in total. The highest BCUT2D eigenvalue weighted by Gasteiger charge is 2.20. The lowest BCUT2D eigenvalue weighted by atomic mass is 9.99. The van der Waals surface area contributed by atoms with Gasteiger partial charge < -0.3 is 5.32 Å². The zero-order valence-corrected chi connectivity index (χ0v) is 15.7. The van der Waals surface area contributed by atoms with Crippen molar-refractivity contribution in [1.82, 2.24) is 15.1 Å². The fourth-order valence-corrected chi connectivity index (χ4v) is 3.63. The van der Waals surface area contributed by atoms with Gasteiger partial charge in [0.05, 0.1) is 0 Å². The molecular formula is C20H28N6. The largest absolute Gasteiger partial charge is 0.387 e. The number of benzene rings is 1. The van der Waals surface area contributed by atoms with Crippen LogP contribution < -0.4 is 5.32 Å². The van der Waals surface area contributed by atoms with Gasteiger partial charge in [-0.05, 0) is 47.9 Å². The summed E-state index contributed by atoms with van der Waals surface area (Å²) >= 11 is 0. The highest BCUT2D eigenvalue weighted by molar-refractivity contribution is 5.71. The first kappa shape index (κ1) is 18.5. The molecule has 1 aromatic rings. The minimum Gasteiger partial charge on any atom is -0.387 e. The molecule has 0 saturated carbocycles. The standard InChI is InChI=1S/C20H28N6/c1-16-10-20(14-22-12-16)19-5-3-4-18(11-19)15-25-6-8-26(9-7-25)17(2)13-23-24-21/h3-5,10-12,17,22H,6-9,13-15H2,1-2H3. The third kappa shape index (κ3) is 4.88. The number of azide groups is 1. The third-order valence-electron chi connectivity index (χ3n) is 5.17. The highest BCUT2D eigenvalue weighted by Crippen LogP contribution is 2.21. The van der Waals surface area contributed by atoms with Crippen molar-refractivity contribution in [2.45, 2.75) is 26.4 Å². The van der Waals surface area contributed by atoms with Gasteiger partial charge in [0.25, 0.3) is 0 Å². The zero-order chi connectivity index (χ0) is 18.4. The maximum Gasteiger partial charge on any atom is 0.0411 e. The first-order chi connectivity index (χ1) is 12.7. The molecule has 1 aromatic carbocycles. The SMILES string of the molecule is CC1=CNCC(c2cccc(CN3CCN(C(C)CN=[N+]=[N-])CC3)c2)=C1. The Labute approximate surface area is 155 Å². The van der Waals surface area contributed by atoms with Gasteiger partial charge in [-0.25, -0.2) is 0 Å². The Hall–Kier alpha value is -2.27. The molecule has 1 unspecified atom stereocenters. The summed E-state index contributed by atoms with van der Waals surface area (Å²) in [6.45, 7) is 10.9. The molecule has 2 aliphatic rings. The van der Waals surface area contributed by atoms with Crippen LogP contribution in [0.15, 0.2) is 47.2 Å². The van der Waals surface area contributed by atoms with E-state index in [1.165, 1.54) is 22.3 Å². The van der Waals surface area contributed by atoms with Gasteiger partial charge in [-0.3, -0.25) is 9.80 Å². The van der Waals surface area contributed by atoms with E-state index < -0.39 is 0 Å². The van der Waals surface area contributed by atoms with Crippen LogP contribution in [0.4, 0.5) is 0 Å². The number of dihydropyridines is 1. The lowest BCUT2D eigenvalue weighted by molar-refractivity contribution is 0.100. The van der Waals surface area contributed by atoms with E-state index in [2.05, 4.69) is 75.5 Å². The van der Waals surface area contributed by atoms with E-state index in [0.717, 1.165) is 39.3 Å². The quantitative estimate of drug-likeness (QED) is 0.485. The fraction of sp³-hybridized carbons (Fsp3) is 0.500. The maximum atomic E-state index is 8.47. The van der Waals surface area contributed by atoms with Gasteiger partial charge in [-0.1, -0.05) is 35.5 Å². The van der Waals surface area contributed by atoms with Crippen LogP contribution >= 0.6 is 0 Å². The van der Waals surface area contributed by atoms with Crippen molar-refractivity contribution in [1.29, 1.82) is 0 Å². The molecule has 1 atom stereocenters. The van der Waals surface area contributed by atoms with Gasteiger partial charge >= 0.3 is 0 Å². The summed E-state index contributed by atoms with van der Waals surface area (Å²) < 4.78 is 0. The third-order valence-corrected chi connectivity index (χ3v) is 5.17. The number of hydrogen-bond donors (Lipinski definition) is 1. The molecule has 2 heterocycles. The molecule has 1 N–H and O–H groups in total. The second-order valence-electron chi connectivity index (χ2n) is 7.21. The van der Waals surface area contributed by atoms with Crippen molar-refractivity contribution in [2.24, 2.45) is 5.11 Å². The van der Waals surface area contributed by atoms with Crippen LogP contribution in [0.25, 0.3) is 16.0 Å². The van der Waals surface area contributed by atoms with Gasteiger partial charge in [-0.15, -0.1) is 0 Å². The molecule has 0 radical (unpaired) electrons. The Bertz CT molecular complexity index is 724. The summed E-state index contributed by atoms with van der Waals surface area (Å²) in [5, 5.41) is 7.04. The molecule has 0 bridgehead atoms. The summed E-state index contributed by atoms with van der Waals surface area (Å²) in [6, 6.07) is 9.23. The van der Waals surface area contributed by atoms with Crippen molar-refractivity contribution in [3.8, 4) is 0 Å². The molecule has 6 heteroatoms. The molecular weight excluding hydrogens is 324 g/mol. The first-order valence-electron chi connectivity index (χ1n) is 9.33. The second-order valence-corrected chi connectivity index (χ2v) is 7.21. The van der Waals surface area contributed by atoms with Crippen LogP contribution in [0.2, 0.25) is 0 Å². The molecule has 3 rings (SSSR count). The van der Waals surface area contributed by atoms with Crippen LogP contribution in [0.5, 0.6) is 0 Å².